The fourth-order valence-electron chi connectivity index (χ4n) is 4.05. The Labute approximate surface area is 130 Å². The summed E-state index contributed by atoms with van der Waals surface area (Å²) in [5.74, 6) is 0.816. The summed E-state index contributed by atoms with van der Waals surface area (Å²) in [5, 5.41) is 3.50. The van der Waals surface area contributed by atoms with Gasteiger partial charge in [-0.1, -0.05) is 0 Å². The van der Waals surface area contributed by atoms with Crippen molar-refractivity contribution in [2.24, 2.45) is 5.92 Å². The predicted octanol–water partition coefficient (Wildman–Crippen LogP) is 2.28. The molecule has 0 amide bonds. The molecule has 0 radical (unpaired) electrons. The van der Waals surface area contributed by atoms with Crippen molar-refractivity contribution in [2.45, 2.75) is 64.2 Å². The molecule has 0 spiro atoms. The number of hydrogen-bond acceptors (Lipinski definition) is 4. The minimum Gasteiger partial charge on any atom is -0.383 e. The van der Waals surface area contributed by atoms with Crippen molar-refractivity contribution in [3.8, 4) is 0 Å². The van der Waals surface area contributed by atoms with Gasteiger partial charge in [0.05, 0.1) is 17.8 Å². The molecule has 1 N–H and O–H groups in total. The molecule has 2 aliphatic heterocycles. The highest BCUT2D eigenvalue weighted by atomic mass is 16.5. The Morgan fingerprint density at radius 1 is 1.19 bits per heavy atom. The van der Waals surface area contributed by atoms with E-state index in [1.807, 2.05) is 0 Å². The lowest BCUT2D eigenvalue weighted by Gasteiger charge is -2.40. The van der Waals surface area contributed by atoms with Crippen molar-refractivity contribution in [3.63, 3.8) is 0 Å². The third-order valence-electron chi connectivity index (χ3n) is 5.03. The molecule has 0 aliphatic carbocycles. The van der Waals surface area contributed by atoms with Gasteiger partial charge in [0.15, 0.2) is 0 Å². The first-order chi connectivity index (χ1) is 9.84. The van der Waals surface area contributed by atoms with E-state index in [0.717, 1.165) is 32.0 Å². The first-order valence-electron chi connectivity index (χ1n) is 8.48. The van der Waals surface area contributed by atoms with Gasteiger partial charge in [-0.05, 0) is 72.5 Å². The van der Waals surface area contributed by atoms with E-state index >= 15 is 0 Å². The van der Waals surface area contributed by atoms with Gasteiger partial charge in [0, 0.05) is 19.7 Å². The van der Waals surface area contributed by atoms with Crippen LogP contribution in [0.25, 0.3) is 0 Å². The fraction of sp³-hybridized carbons (Fsp3) is 1.00. The molecule has 0 saturated carbocycles. The molecule has 1 atom stereocenters. The van der Waals surface area contributed by atoms with Crippen molar-refractivity contribution in [1.82, 2.24) is 10.2 Å². The molecular weight excluding hydrogens is 264 g/mol. The van der Waals surface area contributed by atoms with Crippen LogP contribution in [0.3, 0.4) is 0 Å². The second-order valence-corrected chi connectivity index (χ2v) is 7.86. The van der Waals surface area contributed by atoms with Crippen LogP contribution in [0, 0.1) is 5.92 Å². The van der Waals surface area contributed by atoms with Gasteiger partial charge in [0.2, 0.25) is 0 Å². The summed E-state index contributed by atoms with van der Waals surface area (Å²) in [5.41, 5.74) is -0.000224. The van der Waals surface area contributed by atoms with Crippen LogP contribution in [-0.2, 0) is 9.47 Å². The number of rotatable bonds is 6. The molecule has 2 fully saturated rings. The van der Waals surface area contributed by atoms with E-state index in [9.17, 15) is 0 Å². The average molecular weight is 298 g/mol. The van der Waals surface area contributed by atoms with Crippen molar-refractivity contribution in [1.29, 1.82) is 0 Å². The number of nitrogens with one attached hydrogen (secondary N) is 1. The third kappa shape index (κ3) is 4.65. The number of methoxy groups -OCH3 is 1. The van der Waals surface area contributed by atoms with Gasteiger partial charge in [0.1, 0.15) is 0 Å². The molecule has 2 aliphatic rings. The second-order valence-electron chi connectivity index (χ2n) is 7.86. The molecule has 2 heterocycles. The second kappa shape index (κ2) is 6.95. The first-order valence-corrected chi connectivity index (χ1v) is 8.48. The van der Waals surface area contributed by atoms with Crippen LogP contribution in [0.2, 0.25) is 0 Å². The highest BCUT2D eigenvalue weighted by Crippen LogP contribution is 2.41. The van der Waals surface area contributed by atoms with E-state index in [-0.39, 0.29) is 11.2 Å². The maximum absolute atomic E-state index is 6.25. The summed E-state index contributed by atoms with van der Waals surface area (Å²) in [4.78, 5) is 2.67. The van der Waals surface area contributed by atoms with E-state index in [0.29, 0.717) is 6.04 Å². The first kappa shape index (κ1) is 17.2. The minimum absolute atomic E-state index is 0.0206. The maximum Gasteiger partial charge on any atom is 0.0789 e. The van der Waals surface area contributed by atoms with Crippen molar-refractivity contribution < 1.29 is 9.47 Å². The lowest BCUT2D eigenvalue weighted by molar-refractivity contribution is -0.0827. The standard InChI is InChI=1S/C17H34N2O2/c1-16(2)12-15(17(3,4)21-16)19-9-6-14(7-10-19)13-18-8-11-20-5/h14-15,18H,6-13H2,1-5H3. The quantitative estimate of drug-likeness (QED) is 0.763. The summed E-state index contributed by atoms with van der Waals surface area (Å²) in [6.07, 6.45) is 3.75. The van der Waals surface area contributed by atoms with E-state index in [1.165, 1.54) is 25.9 Å². The van der Waals surface area contributed by atoms with E-state index in [2.05, 4.69) is 37.9 Å². The highest BCUT2D eigenvalue weighted by Gasteiger charge is 2.48. The topological polar surface area (TPSA) is 33.7 Å². The normalized spacial score (nSPS) is 29.9. The molecule has 0 aromatic heterocycles. The SMILES string of the molecule is COCCNCC1CCN(C2CC(C)(C)OC2(C)C)CC1. The van der Waals surface area contributed by atoms with Crippen LogP contribution in [0.5, 0.6) is 0 Å². The van der Waals surface area contributed by atoms with Crippen LogP contribution >= 0.6 is 0 Å². The monoisotopic (exact) mass is 298 g/mol. The molecule has 2 rings (SSSR count). The largest absolute Gasteiger partial charge is 0.383 e. The third-order valence-corrected chi connectivity index (χ3v) is 5.03. The maximum atomic E-state index is 6.25. The Hall–Kier alpha value is -0.160. The zero-order valence-corrected chi connectivity index (χ0v) is 14.6. The van der Waals surface area contributed by atoms with E-state index < -0.39 is 0 Å². The number of likely N-dealkylation sites (tertiary alicyclic amines) is 1. The smallest absolute Gasteiger partial charge is 0.0789 e. The number of ether oxygens (including phenoxy) is 2. The van der Waals surface area contributed by atoms with E-state index in [4.69, 9.17) is 9.47 Å². The molecule has 0 aromatic carbocycles. The Balaban J connectivity index is 1.76. The Bertz CT molecular complexity index is 323. The Morgan fingerprint density at radius 3 is 2.38 bits per heavy atom. The Kier molecular flexibility index (Phi) is 5.69. The molecular formula is C17H34N2O2. The number of piperidine rings is 1. The molecule has 0 aromatic rings. The zero-order chi connectivity index (χ0) is 15.5. The molecule has 1 unspecified atom stereocenters. The van der Waals surface area contributed by atoms with Crippen LogP contribution in [0.15, 0.2) is 0 Å². The lowest BCUT2D eigenvalue weighted by atomic mass is 9.89. The van der Waals surface area contributed by atoms with Crippen LogP contribution in [0.1, 0.15) is 47.0 Å². The van der Waals surface area contributed by atoms with Crippen LogP contribution in [-0.4, -0.2) is 62.0 Å². The van der Waals surface area contributed by atoms with Gasteiger partial charge in [-0.15, -0.1) is 0 Å². The van der Waals surface area contributed by atoms with E-state index in [1.54, 1.807) is 7.11 Å². The molecule has 2 saturated heterocycles. The highest BCUT2D eigenvalue weighted by molar-refractivity contribution is 5.00. The summed E-state index contributed by atoms with van der Waals surface area (Å²) in [7, 11) is 1.76. The van der Waals surface area contributed by atoms with Crippen LogP contribution < -0.4 is 5.32 Å². The average Bonchev–Trinajstić information content (AvgIpc) is 2.63. The summed E-state index contributed by atoms with van der Waals surface area (Å²) < 4.78 is 11.3. The van der Waals surface area contributed by atoms with Crippen molar-refractivity contribution in [2.75, 3.05) is 39.9 Å². The van der Waals surface area contributed by atoms with Crippen molar-refractivity contribution in [3.05, 3.63) is 0 Å². The summed E-state index contributed by atoms with van der Waals surface area (Å²) >= 11 is 0. The molecule has 0 bridgehead atoms. The zero-order valence-electron chi connectivity index (χ0n) is 14.6. The minimum atomic E-state index is -0.0208. The van der Waals surface area contributed by atoms with Gasteiger partial charge in [-0.25, -0.2) is 0 Å². The van der Waals surface area contributed by atoms with Gasteiger partial charge < -0.3 is 14.8 Å². The van der Waals surface area contributed by atoms with Gasteiger partial charge in [0.25, 0.3) is 0 Å². The molecule has 124 valence electrons. The van der Waals surface area contributed by atoms with Crippen LogP contribution in [0.4, 0.5) is 0 Å². The fourth-order valence-corrected chi connectivity index (χ4v) is 4.05. The lowest BCUT2D eigenvalue weighted by Crippen LogP contribution is -2.50. The van der Waals surface area contributed by atoms with Gasteiger partial charge >= 0.3 is 0 Å². The summed E-state index contributed by atoms with van der Waals surface area (Å²) in [6, 6.07) is 0.565. The van der Waals surface area contributed by atoms with Crippen molar-refractivity contribution >= 4 is 0 Å². The molecule has 21 heavy (non-hydrogen) atoms. The predicted molar refractivity (Wildman–Crippen MR) is 86.7 cm³/mol. The summed E-state index contributed by atoms with van der Waals surface area (Å²) in [6.45, 7) is 14.3. The Morgan fingerprint density at radius 2 is 1.86 bits per heavy atom. The van der Waals surface area contributed by atoms with Gasteiger partial charge in [-0.2, -0.15) is 0 Å². The molecule has 4 nitrogen and oxygen atoms in total. The molecule has 4 heteroatoms. The number of nitrogens with zero attached hydrogens (tertiary/aromatic N) is 1. The van der Waals surface area contributed by atoms with Gasteiger partial charge in [-0.3, -0.25) is 4.90 Å². The number of hydrogen-bond donors (Lipinski definition) is 1.